The fourth-order valence-corrected chi connectivity index (χ4v) is 9.44. The molecule has 73 heavy (non-hydrogen) atoms. The first-order valence-electron chi connectivity index (χ1n) is 28.8. The van der Waals surface area contributed by atoms with Gasteiger partial charge in [-0.25, -0.2) is 9.13 Å². The summed E-state index contributed by atoms with van der Waals surface area (Å²) in [6, 6.07) is 0. The lowest BCUT2D eigenvalue weighted by molar-refractivity contribution is -0.161. The standard InChI is InChI=1S/C54H104O17P2/c1-5-9-13-17-20-22-24-26-29-33-37-41-54(59)71-50(45-65-52(57)39-35-31-28-25-23-21-18-14-10-6-2)47-69-73(62,63)67-43-48(55)42-66-72(60,61)68-46-49(44-64-51(56)38-34-30-16-12-8-4)70-53(58)40-36-32-27-19-15-11-7-3/h48-50,55H,5-47H2,1-4H3,(H,60,61)(H,62,63)/t48-,49+,50+/m0/s1. The number of phosphoric ester groups is 2. The molecule has 0 radical (unpaired) electrons. The maximum atomic E-state index is 12.9. The highest BCUT2D eigenvalue weighted by atomic mass is 31.2. The Labute approximate surface area is 441 Å². The number of aliphatic hydroxyl groups is 1. The number of rotatable bonds is 55. The van der Waals surface area contributed by atoms with Gasteiger partial charge in [0.15, 0.2) is 12.2 Å². The minimum atomic E-state index is -4.93. The summed E-state index contributed by atoms with van der Waals surface area (Å²) >= 11 is 0. The SMILES string of the molecule is CCCCCCCCCCCCCC(=O)O[C@H](COC(=O)CCCCCCCCCCCC)COP(=O)(O)OC[C@@H](O)COP(=O)(O)OC[C@@H](COC(=O)CCCCCCC)OC(=O)CCCCCCCCC. The van der Waals surface area contributed by atoms with Crippen LogP contribution in [0.1, 0.15) is 265 Å². The lowest BCUT2D eigenvalue weighted by Crippen LogP contribution is -2.30. The Morgan fingerprint density at radius 2 is 0.548 bits per heavy atom. The van der Waals surface area contributed by atoms with Gasteiger partial charge < -0.3 is 33.8 Å². The summed E-state index contributed by atoms with van der Waals surface area (Å²) in [5.41, 5.74) is 0. The molecule has 2 unspecified atom stereocenters. The lowest BCUT2D eigenvalue weighted by Gasteiger charge is -2.21. The summed E-state index contributed by atoms with van der Waals surface area (Å²) in [7, 11) is -9.85. The lowest BCUT2D eigenvalue weighted by atomic mass is 10.1. The highest BCUT2D eigenvalue weighted by Gasteiger charge is 2.30. The topological polar surface area (TPSA) is 237 Å². The molecule has 0 aromatic rings. The highest BCUT2D eigenvalue weighted by Crippen LogP contribution is 2.45. The molecule has 17 nitrogen and oxygen atoms in total. The van der Waals surface area contributed by atoms with Gasteiger partial charge >= 0.3 is 39.5 Å². The van der Waals surface area contributed by atoms with Crippen molar-refractivity contribution in [2.24, 2.45) is 0 Å². The molecule has 0 amide bonds. The zero-order chi connectivity index (χ0) is 54.1. The number of hydrogen-bond donors (Lipinski definition) is 3. The fraction of sp³-hybridized carbons (Fsp3) is 0.926. The minimum absolute atomic E-state index is 0.103. The molecule has 0 spiro atoms. The molecule has 432 valence electrons. The van der Waals surface area contributed by atoms with Gasteiger partial charge in [0, 0.05) is 25.7 Å². The van der Waals surface area contributed by atoms with Gasteiger partial charge in [0.2, 0.25) is 0 Å². The van der Waals surface area contributed by atoms with Gasteiger partial charge in [0.1, 0.15) is 19.3 Å². The number of hydrogen-bond acceptors (Lipinski definition) is 15. The minimum Gasteiger partial charge on any atom is -0.462 e. The van der Waals surface area contributed by atoms with Crippen LogP contribution in [0.15, 0.2) is 0 Å². The van der Waals surface area contributed by atoms with Crippen LogP contribution >= 0.6 is 15.6 Å². The second kappa shape index (κ2) is 49.6. The van der Waals surface area contributed by atoms with E-state index in [0.29, 0.717) is 25.7 Å². The van der Waals surface area contributed by atoms with Crippen molar-refractivity contribution < 1.29 is 80.2 Å². The van der Waals surface area contributed by atoms with Crippen molar-refractivity contribution in [3.63, 3.8) is 0 Å². The number of aliphatic hydroxyl groups excluding tert-OH is 1. The van der Waals surface area contributed by atoms with Crippen LogP contribution in [0.4, 0.5) is 0 Å². The van der Waals surface area contributed by atoms with Crippen LogP contribution in [-0.2, 0) is 65.4 Å². The van der Waals surface area contributed by atoms with Crippen molar-refractivity contribution in [1.29, 1.82) is 0 Å². The van der Waals surface area contributed by atoms with Gasteiger partial charge in [0.05, 0.1) is 26.4 Å². The molecule has 0 aliphatic rings. The average Bonchev–Trinajstić information content (AvgIpc) is 3.36. The Morgan fingerprint density at radius 1 is 0.329 bits per heavy atom. The Kier molecular flexibility index (Phi) is 48.3. The molecule has 0 bridgehead atoms. The number of phosphoric acid groups is 2. The Morgan fingerprint density at radius 3 is 0.808 bits per heavy atom. The Bertz CT molecular complexity index is 1440. The van der Waals surface area contributed by atoms with Crippen molar-refractivity contribution in [3.05, 3.63) is 0 Å². The second-order valence-electron chi connectivity index (χ2n) is 19.6. The number of esters is 4. The first-order chi connectivity index (χ1) is 35.2. The summed E-state index contributed by atoms with van der Waals surface area (Å²) < 4.78 is 67.2. The van der Waals surface area contributed by atoms with E-state index in [0.717, 1.165) is 109 Å². The van der Waals surface area contributed by atoms with Crippen molar-refractivity contribution in [3.8, 4) is 0 Å². The summed E-state index contributed by atoms with van der Waals surface area (Å²) in [5, 5.41) is 10.4. The number of ether oxygens (including phenoxy) is 4. The van der Waals surface area contributed by atoms with E-state index < -0.39 is 97.5 Å². The van der Waals surface area contributed by atoms with Gasteiger partial charge in [-0.1, -0.05) is 214 Å². The molecular formula is C54H104O17P2. The molecule has 0 aromatic carbocycles. The smallest absolute Gasteiger partial charge is 0.462 e. The third kappa shape index (κ3) is 49.4. The number of carbonyl (C=O) groups is 4. The molecule has 0 aliphatic carbocycles. The third-order valence-electron chi connectivity index (χ3n) is 12.4. The number of unbranched alkanes of at least 4 members (excludes halogenated alkanes) is 29. The van der Waals surface area contributed by atoms with Gasteiger partial charge in [-0.3, -0.25) is 37.3 Å². The van der Waals surface area contributed by atoms with E-state index in [9.17, 15) is 43.2 Å². The first-order valence-corrected chi connectivity index (χ1v) is 31.8. The van der Waals surface area contributed by atoms with Crippen LogP contribution in [0.3, 0.4) is 0 Å². The molecule has 19 heteroatoms. The molecule has 0 saturated heterocycles. The fourth-order valence-electron chi connectivity index (χ4n) is 7.87. The predicted molar refractivity (Wildman–Crippen MR) is 285 cm³/mol. The molecular weight excluding hydrogens is 983 g/mol. The Balaban J connectivity index is 5.17. The summed E-state index contributed by atoms with van der Waals surface area (Å²) in [5.74, 6) is -2.16. The van der Waals surface area contributed by atoms with E-state index >= 15 is 0 Å². The van der Waals surface area contributed by atoms with Crippen molar-refractivity contribution in [2.75, 3.05) is 39.6 Å². The van der Waals surface area contributed by atoms with Crippen LogP contribution < -0.4 is 0 Å². The summed E-state index contributed by atoms with van der Waals surface area (Å²) in [6.07, 6.45) is 31.1. The summed E-state index contributed by atoms with van der Waals surface area (Å²) in [4.78, 5) is 71.3. The van der Waals surface area contributed by atoms with Gasteiger partial charge in [-0.05, 0) is 25.7 Å². The van der Waals surface area contributed by atoms with E-state index in [-0.39, 0.29) is 25.7 Å². The molecule has 3 N–H and O–H groups in total. The molecule has 0 aromatic heterocycles. The largest absolute Gasteiger partial charge is 0.472 e. The maximum Gasteiger partial charge on any atom is 0.472 e. The number of carbonyl (C=O) groups excluding carboxylic acids is 4. The molecule has 0 saturated carbocycles. The van der Waals surface area contributed by atoms with E-state index in [1.165, 1.54) is 77.0 Å². The van der Waals surface area contributed by atoms with E-state index in [1.54, 1.807) is 0 Å². The van der Waals surface area contributed by atoms with E-state index in [4.69, 9.17) is 37.0 Å². The van der Waals surface area contributed by atoms with Gasteiger partial charge in [-0.15, -0.1) is 0 Å². The Hall–Kier alpha value is -1.94. The third-order valence-corrected chi connectivity index (χ3v) is 14.3. The molecule has 0 heterocycles. The molecule has 5 atom stereocenters. The van der Waals surface area contributed by atoms with Gasteiger partial charge in [-0.2, -0.15) is 0 Å². The molecule has 0 rings (SSSR count). The second-order valence-corrected chi connectivity index (χ2v) is 22.5. The monoisotopic (exact) mass is 1090 g/mol. The predicted octanol–water partition coefficient (Wildman–Crippen LogP) is 14.0. The van der Waals surface area contributed by atoms with Gasteiger partial charge in [0.25, 0.3) is 0 Å². The van der Waals surface area contributed by atoms with Crippen molar-refractivity contribution in [2.45, 2.75) is 284 Å². The van der Waals surface area contributed by atoms with E-state index in [2.05, 4.69) is 27.7 Å². The normalized spacial score (nSPS) is 14.5. The maximum absolute atomic E-state index is 12.9. The van der Waals surface area contributed by atoms with Crippen LogP contribution in [0.5, 0.6) is 0 Å². The zero-order valence-corrected chi connectivity index (χ0v) is 47.9. The summed E-state index contributed by atoms with van der Waals surface area (Å²) in [6.45, 7) is 4.67. The van der Waals surface area contributed by atoms with E-state index in [1.807, 2.05) is 0 Å². The zero-order valence-electron chi connectivity index (χ0n) is 46.1. The van der Waals surface area contributed by atoms with Crippen LogP contribution in [0, 0.1) is 0 Å². The quantitative estimate of drug-likeness (QED) is 0.0222. The van der Waals surface area contributed by atoms with Crippen molar-refractivity contribution >= 4 is 39.5 Å². The first kappa shape index (κ1) is 71.1. The van der Waals surface area contributed by atoms with Crippen LogP contribution in [-0.4, -0.2) is 96.7 Å². The van der Waals surface area contributed by atoms with Crippen molar-refractivity contribution in [1.82, 2.24) is 0 Å². The van der Waals surface area contributed by atoms with Crippen LogP contribution in [0.25, 0.3) is 0 Å². The average molecular weight is 1090 g/mol. The van der Waals surface area contributed by atoms with Crippen LogP contribution in [0.2, 0.25) is 0 Å². The highest BCUT2D eigenvalue weighted by molar-refractivity contribution is 7.47. The molecule has 0 aliphatic heterocycles. The molecule has 0 fully saturated rings.